The molecule has 4 N–H and O–H groups in total. The molecule has 2 fully saturated rings. The summed E-state index contributed by atoms with van der Waals surface area (Å²) < 4.78 is 14.9. The van der Waals surface area contributed by atoms with E-state index in [1.165, 1.54) is 55.1 Å². The summed E-state index contributed by atoms with van der Waals surface area (Å²) in [6, 6.07) is 23.2. The molecule has 1 atom stereocenters. The number of β-amino-alcohol motifs (C(OH)–C–C–N with tert-alkyl or cyclic N) is 1. The lowest BCUT2D eigenvalue weighted by Gasteiger charge is -2.35. The van der Waals surface area contributed by atoms with Crippen LogP contribution in [0, 0.1) is 5.82 Å². The van der Waals surface area contributed by atoms with Gasteiger partial charge in [-0.05, 0) is 111 Å². The maximum Gasteiger partial charge on any atom is 0.255 e. The maximum absolute atomic E-state index is 14.9. The zero-order chi connectivity index (χ0) is 46.4. The fraction of sp³-hybridized carbons (Fsp3) is 0.491. The first kappa shape index (κ1) is 48.4. The number of fused-ring (bicyclic) bond motifs is 1. The van der Waals surface area contributed by atoms with Gasteiger partial charge in [0.2, 0.25) is 5.91 Å². The molecule has 2 amide bonds. The van der Waals surface area contributed by atoms with Crippen LogP contribution in [0.15, 0.2) is 78.5 Å². The van der Waals surface area contributed by atoms with Gasteiger partial charge in [0, 0.05) is 81.2 Å². The van der Waals surface area contributed by atoms with Crippen molar-refractivity contribution in [2.45, 2.75) is 102 Å². The van der Waals surface area contributed by atoms with Crippen LogP contribution in [0.1, 0.15) is 122 Å². The number of nitrogens with one attached hydrogen (secondary N) is 1. The molecule has 0 bridgehead atoms. The first-order valence-corrected chi connectivity index (χ1v) is 24.3. The van der Waals surface area contributed by atoms with E-state index in [4.69, 9.17) is 15.7 Å². The molecule has 3 aliphatic rings. The SMILES string of the molecule is CNC(=O)CCC(C=O)N1Cc2c(cc(F)cc2C2CCN(CCCCCCCCCc3cccc(-c4cc(N5CCN(CCO)CC5)nc(C(=C(C)N)c5ccccc5)n4)c3)CC2)C1=O. The Morgan fingerprint density at radius 3 is 2.29 bits per heavy atom. The average Bonchev–Trinajstić information content (AvgIpc) is 3.66. The number of unbranched alkanes of at least 4 members (excludes halogenated alkanes) is 6. The molecule has 12 nitrogen and oxygen atoms in total. The minimum atomic E-state index is -0.722. The number of hydrogen-bond donors (Lipinski definition) is 3. The normalized spacial score (nSPS) is 16.9. The molecule has 0 saturated carbocycles. The minimum Gasteiger partial charge on any atom is -0.402 e. The van der Waals surface area contributed by atoms with E-state index in [0.717, 1.165) is 117 Å². The van der Waals surface area contributed by atoms with Crippen molar-refractivity contribution in [1.29, 1.82) is 0 Å². The summed E-state index contributed by atoms with van der Waals surface area (Å²) in [4.78, 5) is 56.0. The third kappa shape index (κ3) is 12.5. The lowest BCUT2D eigenvalue weighted by Crippen LogP contribution is -2.47. The Bertz CT molecular complexity index is 2290. The Morgan fingerprint density at radius 2 is 1.59 bits per heavy atom. The molecule has 3 aliphatic heterocycles. The fourth-order valence-electron chi connectivity index (χ4n) is 9.99. The van der Waals surface area contributed by atoms with Crippen molar-refractivity contribution < 1.29 is 23.9 Å². The molecule has 2 saturated heterocycles. The van der Waals surface area contributed by atoms with Gasteiger partial charge < -0.3 is 35.7 Å². The van der Waals surface area contributed by atoms with Crippen LogP contribution in [-0.2, 0) is 22.6 Å². The predicted molar refractivity (Wildman–Crippen MR) is 259 cm³/mol. The molecule has 66 heavy (non-hydrogen) atoms. The quantitative estimate of drug-likeness (QED) is 0.0541. The zero-order valence-electron chi connectivity index (χ0n) is 39.0. The van der Waals surface area contributed by atoms with Crippen LogP contribution in [0.25, 0.3) is 16.8 Å². The Balaban J connectivity index is 0.850. The number of aliphatic hydroxyl groups is 1. The lowest BCUT2D eigenvalue weighted by atomic mass is 9.85. The number of allylic oxidation sites excluding steroid dienone is 1. The Labute approximate surface area is 390 Å². The molecular formula is C53H69FN8O4. The molecule has 3 aromatic carbocycles. The predicted octanol–water partition coefficient (Wildman–Crippen LogP) is 7.34. The molecule has 0 spiro atoms. The van der Waals surface area contributed by atoms with Gasteiger partial charge in [0.15, 0.2) is 5.82 Å². The van der Waals surface area contributed by atoms with Crippen molar-refractivity contribution in [1.82, 2.24) is 30.0 Å². The molecule has 13 heteroatoms. The highest BCUT2D eigenvalue weighted by atomic mass is 19.1. The van der Waals surface area contributed by atoms with E-state index in [1.54, 1.807) is 13.1 Å². The molecule has 7 rings (SSSR count). The van der Waals surface area contributed by atoms with Gasteiger partial charge >= 0.3 is 0 Å². The van der Waals surface area contributed by atoms with E-state index in [0.29, 0.717) is 23.6 Å². The Hall–Kier alpha value is -5.50. The largest absolute Gasteiger partial charge is 0.402 e. The summed E-state index contributed by atoms with van der Waals surface area (Å²) in [6.07, 6.45) is 12.3. The third-order valence-corrected chi connectivity index (χ3v) is 13.8. The highest BCUT2D eigenvalue weighted by Gasteiger charge is 2.37. The second kappa shape index (κ2) is 23.8. The van der Waals surface area contributed by atoms with Crippen LogP contribution < -0.4 is 16.0 Å². The summed E-state index contributed by atoms with van der Waals surface area (Å²) in [7, 11) is 1.55. The van der Waals surface area contributed by atoms with Crippen LogP contribution in [-0.4, -0.2) is 120 Å². The molecule has 0 radical (unpaired) electrons. The molecular weight excluding hydrogens is 832 g/mol. The van der Waals surface area contributed by atoms with Crippen LogP contribution in [0.5, 0.6) is 0 Å². The molecule has 1 unspecified atom stereocenters. The van der Waals surface area contributed by atoms with Crippen LogP contribution in [0.3, 0.4) is 0 Å². The number of piperazine rings is 1. The monoisotopic (exact) mass is 901 g/mol. The maximum atomic E-state index is 14.9. The number of carbonyl (C=O) groups is 3. The van der Waals surface area contributed by atoms with Crippen molar-refractivity contribution in [3.05, 3.63) is 118 Å². The van der Waals surface area contributed by atoms with Gasteiger partial charge in [-0.15, -0.1) is 0 Å². The minimum absolute atomic E-state index is 0.143. The van der Waals surface area contributed by atoms with Gasteiger partial charge in [0.1, 0.15) is 17.9 Å². The second-order valence-electron chi connectivity index (χ2n) is 18.3. The Morgan fingerprint density at radius 1 is 0.879 bits per heavy atom. The number of amides is 2. The Kier molecular flexibility index (Phi) is 17.5. The highest BCUT2D eigenvalue weighted by molar-refractivity contribution is 6.00. The lowest BCUT2D eigenvalue weighted by molar-refractivity contribution is -0.121. The molecule has 352 valence electrons. The summed E-state index contributed by atoms with van der Waals surface area (Å²) >= 11 is 0. The topological polar surface area (TPSA) is 148 Å². The van der Waals surface area contributed by atoms with Crippen molar-refractivity contribution in [3.63, 3.8) is 0 Å². The zero-order valence-corrected chi connectivity index (χ0v) is 39.0. The van der Waals surface area contributed by atoms with Crippen molar-refractivity contribution >= 4 is 29.5 Å². The number of nitrogens with two attached hydrogens (primary N) is 1. The van der Waals surface area contributed by atoms with Crippen LogP contribution >= 0.6 is 0 Å². The number of rotatable bonds is 22. The van der Waals surface area contributed by atoms with E-state index in [1.807, 2.05) is 25.1 Å². The van der Waals surface area contributed by atoms with E-state index in [-0.39, 0.29) is 43.7 Å². The average molecular weight is 901 g/mol. The van der Waals surface area contributed by atoms with Gasteiger partial charge in [-0.1, -0.05) is 80.6 Å². The van der Waals surface area contributed by atoms with Gasteiger partial charge in [-0.3, -0.25) is 14.5 Å². The first-order valence-electron chi connectivity index (χ1n) is 24.3. The number of nitrogens with zero attached hydrogens (tertiary/aromatic N) is 6. The summed E-state index contributed by atoms with van der Waals surface area (Å²) in [6.45, 7) is 9.37. The summed E-state index contributed by atoms with van der Waals surface area (Å²) in [5.41, 5.74) is 14.4. The molecule has 4 aromatic rings. The van der Waals surface area contributed by atoms with Crippen molar-refractivity contribution in [2.75, 3.05) is 70.9 Å². The van der Waals surface area contributed by atoms with Crippen LogP contribution in [0.2, 0.25) is 0 Å². The van der Waals surface area contributed by atoms with E-state index < -0.39 is 11.9 Å². The standard InChI is InChI=1S/C53H69FN8O4/c1-38(55)51(41-16-10-8-11-17-41)52-57-48(35-49(58-52)61-28-26-60(27-29-61)30-31-63)42-18-13-15-39(32-42)14-9-6-4-3-5-7-12-23-59-24-21-40(22-25-59)45-33-43(54)34-46-47(45)36-62(53(46)66)44(37-64)19-20-50(65)56-2/h8,10-11,13,15-18,32-35,37,40,44,63H,3-7,9,12,14,19-31,36,55H2,1-2H3,(H,56,65). The van der Waals surface area contributed by atoms with Gasteiger partial charge in [0.25, 0.3) is 5.91 Å². The number of piperidine rings is 1. The number of halogens is 1. The number of aryl methyl sites for hydroxylation is 1. The molecule has 4 heterocycles. The highest BCUT2D eigenvalue weighted by Crippen LogP contribution is 2.38. The molecule has 0 aliphatic carbocycles. The number of anilines is 1. The molecule has 1 aromatic heterocycles. The van der Waals surface area contributed by atoms with Crippen LogP contribution in [0.4, 0.5) is 10.2 Å². The summed E-state index contributed by atoms with van der Waals surface area (Å²) in [5, 5.41) is 12.0. The van der Waals surface area contributed by atoms with Crippen molar-refractivity contribution in [2.24, 2.45) is 5.73 Å². The summed E-state index contributed by atoms with van der Waals surface area (Å²) in [5.74, 6) is 0.755. The number of benzene rings is 3. The number of aliphatic hydroxyl groups excluding tert-OH is 1. The van der Waals surface area contributed by atoms with E-state index in [2.05, 4.69) is 62.5 Å². The smallest absolute Gasteiger partial charge is 0.255 e. The number of likely N-dealkylation sites (tertiary alicyclic amines) is 1. The number of hydrogen-bond acceptors (Lipinski definition) is 10. The van der Waals surface area contributed by atoms with E-state index in [9.17, 15) is 23.9 Å². The number of carbonyl (C=O) groups excluding carboxylic acids is 3. The van der Waals surface area contributed by atoms with E-state index >= 15 is 0 Å². The van der Waals surface area contributed by atoms with Gasteiger partial charge in [-0.2, -0.15) is 0 Å². The van der Waals surface area contributed by atoms with Gasteiger partial charge in [0.05, 0.1) is 18.3 Å². The van der Waals surface area contributed by atoms with Gasteiger partial charge in [-0.25, -0.2) is 14.4 Å². The second-order valence-corrected chi connectivity index (χ2v) is 18.3. The first-order chi connectivity index (χ1) is 32.1. The number of aldehydes is 1. The third-order valence-electron chi connectivity index (χ3n) is 13.8. The van der Waals surface area contributed by atoms with Crippen molar-refractivity contribution in [3.8, 4) is 11.3 Å². The fourth-order valence-corrected chi connectivity index (χ4v) is 9.99. The number of aromatic nitrogens is 2.